The normalized spacial score (nSPS) is 10.7. The lowest BCUT2D eigenvalue weighted by Crippen LogP contribution is -2.30. The van der Waals surface area contributed by atoms with Gasteiger partial charge in [-0.25, -0.2) is 4.79 Å². The number of nitrogens with one attached hydrogen (secondary N) is 1. The van der Waals surface area contributed by atoms with E-state index >= 15 is 0 Å². The van der Waals surface area contributed by atoms with Crippen LogP contribution < -0.4 is 11.2 Å². The van der Waals surface area contributed by atoms with Crippen LogP contribution in [-0.4, -0.2) is 19.7 Å². The Kier molecular flexibility index (Phi) is 4.27. The van der Waals surface area contributed by atoms with Crippen LogP contribution in [0.2, 0.25) is 10.0 Å². The molecule has 1 N–H and O–H groups in total. The Labute approximate surface area is 140 Å². The number of hydrogen-bond acceptors (Lipinski definition) is 4. The summed E-state index contributed by atoms with van der Waals surface area (Å²) in [5, 5.41) is 4.55. The number of rotatable bonds is 3. The number of pyridine rings is 1. The SMILES string of the molecule is O=c1cnn(-c2cc(Cl)c(Cc3ccccn3)c(Cl)c2)c(=O)[nH]1. The highest BCUT2D eigenvalue weighted by molar-refractivity contribution is 6.36. The molecule has 0 fully saturated rings. The molecule has 0 bridgehead atoms. The Morgan fingerprint density at radius 3 is 2.48 bits per heavy atom. The van der Waals surface area contributed by atoms with Gasteiger partial charge < -0.3 is 0 Å². The molecule has 3 aromatic rings. The first-order chi connectivity index (χ1) is 11.0. The summed E-state index contributed by atoms with van der Waals surface area (Å²) in [7, 11) is 0. The summed E-state index contributed by atoms with van der Waals surface area (Å²) in [5.41, 5.74) is 0.653. The summed E-state index contributed by atoms with van der Waals surface area (Å²) in [5.74, 6) is 0. The largest absolute Gasteiger partial charge is 0.349 e. The van der Waals surface area contributed by atoms with E-state index in [1.165, 1.54) is 0 Å². The lowest BCUT2D eigenvalue weighted by molar-refractivity contribution is 0.749. The Bertz CT molecular complexity index is 944. The van der Waals surface area contributed by atoms with Gasteiger partial charge in [-0.05, 0) is 29.8 Å². The van der Waals surface area contributed by atoms with Crippen molar-refractivity contribution in [1.29, 1.82) is 0 Å². The molecule has 0 saturated carbocycles. The number of hydrogen-bond donors (Lipinski definition) is 1. The molecule has 0 radical (unpaired) electrons. The van der Waals surface area contributed by atoms with Gasteiger partial charge in [0.15, 0.2) is 0 Å². The van der Waals surface area contributed by atoms with Gasteiger partial charge >= 0.3 is 5.69 Å². The fourth-order valence-electron chi connectivity index (χ4n) is 2.10. The molecule has 0 saturated heterocycles. The summed E-state index contributed by atoms with van der Waals surface area (Å²) in [6, 6.07) is 8.71. The van der Waals surface area contributed by atoms with Crippen LogP contribution in [0.4, 0.5) is 0 Å². The van der Waals surface area contributed by atoms with Crippen molar-refractivity contribution in [2.75, 3.05) is 0 Å². The zero-order chi connectivity index (χ0) is 16.4. The summed E-state index contributed by atoms with van der Waals surface area (Å²) in [6.07, 6.45) is 3.16. The van der Waals surface area contributed by atoms with E-state index in [1.807, 2.05) is 18.2 Å². The van der Waals surface area contributed by atoms with Crippen molar-refractivity contribution < 1.29 is 0 Å². The van der Waals surface area contributed by atoms with Crippen LogP contribution in [0.15, 0.2) is 52.3 Å². The molecule has 6 nitrogen and oxygen atoms in total. The van der Waals surface area contributed by atoms with Crippen LogP contribution in [0.25, 0.3) is 5.69 Å². The average molecular weight is 349 g/mol. The maximum absolute atomic E-state index is 11.8. The highest BCUT2D eigenvalue weighted by atomic mass is 35.5. The lowest BCUT2D eigenvalue weighted by atomic mass is 10.1. The maximum Gasteiger partial charge on any atom is 0.349 e. The Hall–Kier alpha value is -2.44. The average Bonchev–Trinajstić information content (AvgIpc) is 2.52. The van der Waals surface area contributed by atoms with Crippen molar-refractivity contribution >= 4 is 23.2 Å². The van der Waals surface area contributed by atoms with E-state index < -0.39 is 11.2 Å². The van der Waals surface area contributed by atoms with Gasteiger partial charge in [0, 0.05) is 28.4 Å². The number of benzene rings is 1. The molecule has 0 aliphatic carbocycles. The first kappa shape index (κ1) is 15.5. The van der Waals surface area contributed by atoms with Gasteiger partial charge in [-0.2, -0.15) is 9.78 Å². The van der Waals surface area contributed by atoms with E-state index in [0.717, 1.165) is 16.6 Å². The third kappa shape index (κ3) is 3.33. The molecule has 2 aromatic heterocycles. The van der Waals surface area contributed by atoms with Gasteiger partial charge in [0.05, 0.1) is 5.69 Å². The molecule has 1 aromatic carbocycles. The highest BCUT2D eigenvalue weighted by Crippen LogP contribution is 2.29. The first-order valence-corrected chi connectivity index (χ1v) is 7.37. The summed E-state index contributed by atoms with van der Waals surface area (Å²) in [4.78, 5) is 29.2. The number of nitrogens with zero attached hydrogens (tertiary/aromatic N) is 3. The molecule has 0 unspecified atom stereocenters. The first-order valence-electron chi connectivity index (χ1n) is 6.61. The van der Waals surface area contributed by atoms with Crippen LogP contribution in [0.1, 0.15) is 11.3 Å². The van der Waals surface area contributed by atoms with Crippen LogP contribution in [0.3, 0.4) is 0 Å². The van der Waals surface area contributed by atoms with Crippen molar-refractivity contribution in [3.63, 3.8) is 0 Å². The van der Waals surface area contributed by atoms with Crippen molar-refractivity contribution in [1.82, 2.24) is 19.7 Å². The van der Waals surface area contributed by atoms with Gasteiger partial charge in [0.1, 0.15) is 6.20 Å². The van der Waals surface area contributed by atoms with E-state index in [4.69, 9.17) is 23.2 Å². The lowest BCUT2D eigenvalue weighted by Gasteiger charge is -2.10. The minimum atomic E-state index is -0.665. The molecule has 0 amide bonds. The van der Waals surface area contributed by atoms with Crippen molar-refractivity contribution in [3.05, 3.63) is 84.9 Å². The minimum Gasteiger partial charge on any atom is -0.271 e. The van der Waals surface area contributed by atoms with Gasteiger partial charge in [-0.1, -0.05) is 29.3 Å². The zero-order valence-corrected chi connectivity index (χ0v) is 13.2. The van der Waals surface area contributed by atoms with Crippen molar-refractivity contribution in [3.8, 4) is 5.69 Å². The van der Waals surface area contributed by atoms with E-state index in [9.17, 15) is 9.59 Å². The van der Waals surface area contributed by atoms with Crippen LogP contribution in [0, 0.1) is 0 Å². The van der Waals surface area contributed by atoms with Crippen LogP contribution in [0.5, 0.6) is 0 Å². The van der Waals surface area contributed by atoms with Gasteiger partial charge in [0.25, 0.3) is 5.56 Å². The second-order valence-corrected chi connectivity index (χ2v) is 5.55. The third-order valence-corrected chi connectivity index (χ3v) is 3.84. The highest BCUT2D eigenvalue weighted by Gasteiger charge is 2.12. The molecule has 23 heavy (non-hydrogen) atoms. The van der Waals surface area contributed by atoms with Gasteiger partial charge in [0.2, 0.25) is 0 Å². The molecule has 0 atom stereocenters. The van der Waals surface area contributed by atoms with Crippen LogP contribution >= 0.6 is 23.2 Å². The summed E-state index contributed by atoms with van der Waals surface area (Å²) < 4.78 is 1.02. The van der Waals surface area contributed by atoms with Gasteiger partial charge in [-0.3, -0.25) is 14.8 Å². The second kappa shape index (κ2) is 6.36. The minimum absolute atomic E-state index is 0.367. The molecule has 2 heterocycles. The van der Waals surface area contributed by atoms with E-state index in [0.29, 0.717) is 27.7 Å². The molecule has 0 spiro atoms. The second-order valence-electron chi connectivity index (χ2n) is 4.74. The van der Waals surface area contributed by atoms with E-state index in [1.54, 1.807) is 18.3 Å². The molecule has 0 aliphatic rings. The maximum atomic E-state index is 11.8. The quantitative estimate of drug-likeness (QED) is 0.786. The topological polar surface area (TPSA) is 80.6 Å². The third-order valence-electron chi connectivity index (χ3n) is 3.17. The Balaban J connectivity index is 2.04. The van der Waals surface area contributed by atoms with Crippen LogP contribution in [-0.2, 0) is 6.42 Å². The number of H-pyrrole nitrogens is 1. The number of aromatic nitrogens is 4. The zero-order valence-electron chi connectivity index (χ0n) is 11.7. The molecular formula is C15H10Cl2N4O2. The Morgan fingerprint density at radius 1 is 1.13 bits per heavy atom. The number of halogens is 2. The standard InChI is InChI=1S/C15H10Cl2N4O2/c16-12-6-10(21-15(23)20-14(22)8-19-21)7-13(17)11(12)5-9-3-1-2-4-18-9/h1-4,6-8H,5H2,(H,20,22,23). The summed E-state index contributed by atoms with van der Waals surface area (Å²) >= 11 is 12.6. The van der Waals surface area contributed by atoms with Crippen molar-refractivity contribution in [2.45, 2.75) is 6.42 Å². The molecule has 116 valence electrons. The molecular weight excluding hydrogens is 339 g/mol. The van der Waals surface area contributed by atoms with Gasteiger partial charge in [-0.15, -0.1) is 0 Å². The predicted octanol–water partition coefficient (Wildman–Crippen LogP) is 2.21. The van der Waals surface area contributed by atoms with E-state index in [-0.39, 0.29) is 0 Å². The molecule has 8 heteroatoms. The molecule has 3 rings (SSSR count). The monoisotopic (exact) mass is 348 g/mol. The molecule has 0 aliphatic heterocycles. The smallest absolute Gasteiger partial charge is 0.271 e. The predicted molar refractivity (Wildman–Crippen MR) is 87.5 cm³/mol. The summed E-state index contributed by atoms with van der Waals surface area (Å²) in [6.45, 7) is 0. The fraction of sp³-hybridized carbons (Fsp3) is 0.0667. The number of aromatic amines is 1. The fourth-order valence-corrected chi connectivity index (χ4v) is 2.71. The van der Waals surface area contributed by atoms with Crippen molar-refractivity contribution in [2.24, 2.45) is 0 Å². The van der Waals surface area contributed by atoms with E-state index in [2.05, 4.69) is 15.1 Å². The Morgan fingerprint density at radius 2 is 1.87 bits per heavy atom.